The molecule has 8 nitrogen and oxygen atoms in total. The van der Waals surface area contributed by atoms with Crippen molar-refractivity contribution in [2.75, 3.05) is 20.3 Å². The van der Waals surface area contributed by atoms with E-state index in [1.54, 1.807) is 16.7 Å². The van der Waals surface area contributed by atoms with E-state index in [0.717, 1.165) is 42.1 Å². The highest BCUT2D eigenvalue weighted by atomic mass is 16.5. The maximum atomic E-state index is 13.2. The van der Waals surface area contributed by atoms with Crippen LogP contribution in [0.3, 0.4) is 0 Å². The molecule has 2 heterocycles. The van der Waals surface area contributed by atoms with Crippen LogP contribution in [0, 0.1) is 6.92 Å². The molecule has 8 heteroatoms. The van der Waals surface area contributed by atoms with E-state index in [1.807, 2.05) is 75.4 Å². The van der Waals surface area contributed by atoms with Gasteiger partial charge in [0.25, 0.3) is 0 Å². The quantitative estimate of drug-likeness (QED) is 0.464. The van der Waals surface area contributed by atoms with Gasteiger partial charge in [-0.2, -0.15) is 5.10 Å². The Morgan fingerprint density at radius 2 is 1.89 bits per heavy atom. The lowest BCUT2D eigenvalue weighted by molar-refractivity contribution is 0.0789. The maximum absolute atomic E-state index is 13.2. The van der Waals surface area contributed by atoms with Gasteiger partial charge in [-0.1, -0.05) is 18.2 Å². The Hall–Kier alpha value is -3.52. The Bertz CT molecular complexity index is 1110. The Morgan fingerprint density at radius 1 is 1.17 bits per heavy atom. The molecule has 0 bridgehead atoms. The van der Waals surface area contributed by atoms with Gasteiger partial charge in [0.05, 0.1) is 36.7 Å². The minimum absolute atomic E-state index is 0.0256. The van der Waals surface area contributed by atoms with Crippen molar-refractivity contribution in [1.82, 2.24) is 20.0 Å². The number of aryl methyl sites for hydroxylation is 1. The molecule has 0 saturated carbocycles. The van der Waals surface area contributed by atoms with Gasteiger partial charge < -0.3 is 24.4 Å². The second-order valence-electron chi connectivity index (χ2n) is 9.01. The van der Waals surface area contributed by atoms with E-state index in [-0.39, 0.29) is 18.2 Å². The van der Waals surface area contributed by atoms with Crippen LogP contribution in [0.5, 0.6) is 17.4 Å². The van der Waals surface area contributed by atoms with Gasteiger partial charge in [-0.25, -0.2) is 9.48 Å². The van der Waals surface area contributed by atoms with Crippen molar-refractivity contribution in [3.05, 3.63) is 65.9 Å². The second-order valence-corrected chi connectivity index (χ2v) is 9.01. The molecule has 4 rings (SSSR count). The van der Waals surface area contributed by atoms with Crippen LogP contribution >= 0.6 is 0 Å². The first-order valence-electron chi connectivity index (χ1n) is 12.1. The average molecular weight is 479 g/mol. The van der Waals surface area contributed by atoms with Crippen molar-refractivity contribution in [3.63, 3.8) is 0 Å². The zero-order chi connectivity index (χ0) is 24.8. The predicted molar refractivity (Wildman–Crippen MR) is 134 cm³/mol. The van der Waals surface area contributed by atoms with Crippen LogP contribution in [0.4, 0.5) is 4.79 Å². The van der Waals surface area contributed by atoms with Crippen LogP contribution in [0.25, 0.3) is 5.69 Å². The van der Waals surface area contributed by atoms with Gasteiger partial charge >= 0.3 is 6.03 Å². The highest BCUT2D eigenvalue weighted by molar-refractivity contribution is 5.74. The minimum Gasteiger partial charge on any atom is -0.497 e. The summed E-state index contributed by atoms with van der Waals surface area (Å²) in [5.74, 6) is 1.98. The van der Waals surface area contributed by atoms with Gasteiger partial charge in [0, 0.05) is 19.2 Å². The topological polar surface area (TPSA) is 77.8 Å². The Balaban J connectivity index is 1.70. The average Bonchev–Trinajstić information content (AvgIpc) is 3.48. The van der Waals surface area contributed by atoms with E-state index in [4.69, 9.17) is 19.3 Å². The van der Waals surface area contributed by atoms with Gasteiger partial charge in [-0.3, -0.25) is 0 Å². The number of nitrogens with zero attached hydrogens (tertiary/aromatic N) is 3. The molecule has 0 spiro atoms. The van der Waals surface area contributed by atoms with Crippen molar-refractivity contribution in [1.29, 1.82) is 0 Å². The standard InChI is InChI=1S/C27H34N4O4/c1-19(2)28-27(32)30(17-24-11-8-16-34-24)18-25-20(3)29-31(21-9-6-5-7-10-21)26(25)35-23-14-12-22(33-4)13-15-23/h5-7,9-10,12-15,19,24H,8,11,16-18H2,1-4H3,(H,28,32). The van der Waals surface area contributed by atoms with Crippen LogP contribution in [0.15, 0.2) is 54.6 Å². The summed E-state index contributed by atoms with van der Waals surface area (Å²) in [6.45, 7) is 7.46. The third-order valence-electron chi connectivity index (χ3n) is 5.91. The number of carbonyl (C=O) groups is 1. The summed E-state index contributed by atoms with van der Waals surface area (Å²) in [4.78, 5) is 15.0. The number of rotatable bonds is 9. The maximum Gasteiger partial charge on any atom is 0.317 e. The molecule has 1 fully saturated rings. The molecule has 1 atom stereocenters. The lowest BCUT2D eigenvalue weighted by Crippen LogP contribution is -2.45. The number of hydrogen-bond acceptors (Lipinski definition) is 5. The number of para-hydroxylation sites is 1. The second kappa shape index (κ2) is 11.3. The summed E-state index contributed by atoms with van der Waals surface area (Å²) in [6, 6.07) is 17.2. The molecule has 186 valence electrons. The number of ether oxygens (including phenoxy) is 3. The highest BCUT2D eigenvalue weighted by Gasteiger charge is 2.27. The molecule has 1 N–H and O–H groups in total. The molecule has 3 aromatic rings. The predicted octanol–water partition coefficient (Wildman–Crippen LogP) is 5.08. The number of amides is 2. The molecule has 2 amide bonds. The van der Waals surface area contributed by atoms with Crippen LogP contribution < -0.4 is 14.8 Å². The van der Waals surface area contributed by atoms with E-state index in [9.17, 15) is 4.79 Å². The number of hydrogen-bond donors (Lipinski definition) is 1. The fraction of sp³-hybridized carbons (Fsp3) is 0.407. The molecule has 2 aromatic carbocycles. The van der Waals surface area contributed by atoms with Gasteiger partial charge in [-0.05, 0) is 70.0 Å². The third-order valence-corrected chi connectivity index (χ3v) is 5.91. The summed E-state index contributed by atoms with van der Waals surface area (Å²) in [5, 5.41) is 7.82. The van der Waals surface area contributed by atoms with E-state index < -0.39 is 0 Å². The number of nitrogens with one attached hydrogen (secondary N) is 1. The third kappa shape index (κ3) is 6.14. The molecular weight excluding hydrogens is 444 g/mol. The monoisotopic (exact) mass is 478 g/mol. The summed E-state index contributed by atoms with van der Waals surface area (Å²) < 4.78 is 19.3. The first kappa shape index (κ1) is 24.6. The Morgan fingerprint density at radius 3 is 2.51 bits per heavy atom. The molecule has 1 aliphatic rings. The Kier molecular flexibility index (Phi) is 7.92. The summed E-state index contributed by atoms with van der Waals surface area (Å²) in [7, 11) is 1.63. The van der Waals surface area contributed by atoms with Crippen molar-refractivity contribution in [2.24, 2.45) is 0 Å². The zero-order valence-electron chi connectivity index (χ0n) is 20.9. The zero-order valence-corrected chi connectivity index (χ0v) is 20.9. The van der Waals surface area contributed by atoms with Gasteiger partial charge in [-0.15, -0.1) is 0 Å². The fourth-order valence-corrected chi connectivity index (χ4v) is 4.11. The van der Waals surface area contributed by atoms with E-state index in [1.165, 1.54) is 0 Å². The van der Waals surface area contributed by atoms with E-state index in [2.05, 4.69) is 5.32 Å². The van der Waals surface area contributed by atoms with Crippen LogP contribution in [0.1, 0.15) is 37.9 Å². The molecule has 1 aliphatic heterocycles. The first-order chi connectivity index (χ1) is 16.9. The highest BCUT2D eigenvalue weighted by Crippen LogP contribution is 2.32. The van der Waals surface area contributed by atoms with Crippen molar-refractivity contribution < 1.29 is 19.0 Å². The van der Waals surface area contributed by atoms with E-state index in [0.29, 0.717) is 24.7 Å². The molecule has 1 saturated heterocycles. The number of urea groups is 1. The summed E-state index contributed by atoms with van der Waals surface area (Å²) >= 11 is 0. The minimum atomic E-state index is -0.127. The molecule has 1 aromatic heterocycles. The first-order valence-corrected chi connectivity index (χ1v) is 12.1. The molecule has 1 unspecified atom stereocenters. The molecule has 0 aliphatic carbocycles. The van der Waals surface area contributed by atoms with Crippen LogP contribution in [0.2, 0.25) is 0 Å². The van der Waals surface area contributed by atoms with E-state index >= 15 is 0 Å². The SMILES string of the molecule is COc1ccc(Oc2c(CN(CC3CCCO3)C(=O)NC(C)C)c(C)nn2-c2ccccc2)cc1. The number of carbonyl (C=O) groups excluding carboxylic acids is 1. The Labute approximate surface area is 206 Å². The number of benzene rings is 2. The van der Waals surface area contributed by atoms with Crippen molar-refractivity contribution in [3.8, 4) is 23.1 Å². The lowest BCUT2D eigenvalue weighted by Gasteiger charge is -2.27. The molecular formula is C27H34N4O4. The smallest absolute Gasteiger partial charge is 0.317 e. The van der Waals surface area contributed by atoms with Gasteiger partial charge in [0.2, 0.25) is 5.88 Å². The van der Waals surface area contributed by atoms with Gasteiger partial charge in [0.15, 0.2) is 0 Å². The van der Waals surface area contributed by atoms with Crippen LogP contribution in [-0.4, -0.2) is 53.1 Å². The van der Waals surface area contributed by atoms with Gasteiger partial charge in [0.1, 0.15) is 11.5 Å². The largest absolute Gasteiger partial charge is 0.497 e. The lowest BCUT2D eigenvalue weighted by atomic mass is 10.2. The fourth-order valence-electron chi connectivity index (χ4n) is 4.11. The van der Waals surface area contributed by atoms with Crippen molar-refractivity contribution in [2.45, 2.75) is 52.3 Å². The normalized spacial score (nSPS) is 15.3. The van der Waals surface area contributed by atoms with Crippen LogP contribution in [-0.2, 0) is 11.3 Å². The molecule has 0 radical (unpaired) electrons. The number of aromatic nitrogens is 2. The number of methoxy groups -OCH3 is 1. The summed E-state index contributed by atoms with van der Waals surface area (Å²) in [6.07, 6.45) is 1.99. The summed E-state index contributed by atoms with van der Waals surface area (Å²) in [5.41, 5.74) is 2.52. The molecule has 35 heavy (non-hydrogen) atoms. The van der Waals surface area contributed by atoms with Crippen molar-refractivity contribution >= 4 is 6.03 Å².